The number of nitrogen functional groups attached to an aromatic ring is 1. The Bertz CT molecular complexity index is 744. The van der Waals surface area contributed by atoms with Crippen LogP contribution < -0.4 is 11.5 Å². The summed E-state index contributed by atoms with van der Waals surface area (Å²) in [5.74, 6) is -1.94. The average molecular weight is 371 g/mol. The van der Waals surface area contributed by atoms with Crippen LogP contribution in [0.3, 0.4) is 0 Å². The average Bonchev–Trinajstić information content (AvgIpc) is 2.86. The fourth-order valence-electron chi connectivity index (χ4n) is 3.07. The second-order valence-electron chi connectivity index (χ2n) is 6.29. The standard InChI is InChI=1S/C14H22BN3O6S/c16-11-5-1-2-6-12(11)25(23,24)18-8-10(4-3-7-15(21)22)14(17,9-18)13(19)20/h1-2,5-6,10,21-22H,3-4,7-9,16-17H2,(H,19,20)/t10-,14-/m0/s1. The third kappa shape index (κ3) is 3.96. The zero-order chi connectivity index (χ0) is 18.8. The molecule has 1 aromatic rings. The molecule has 1 heterocycles. The van der Waals surface area contributed by atoms with E-state index in [1.165, 1.54) is 18.2 Å². The zero-order valence-corrected chi connectivity index (χ0v) is 14.4. The predicted molar refractivity (Wildman–Crippen MR) is 91.9 cm³/mol. The molecule has 1 saturated heterocycles. The number of para-hydroxylation sites is 1. The minimum atomic E-state index is -3.98. The third-order valence-electron chi connectivity index (χ3n) is 4.54. The zero-order valence-electron chi connectivity index (χ0n) is 13.6. The molecule has 0 bridgehead atoms. The highest BCUT2D eigenvalue weighted by molar-refractivity contribution is 7.89. The van der Waals surface area contributed by atoms with E-state index in [4.69, 9.17) is 21.5 Å². The van der Waals surface area contributed by atoms with Crippen LogP contribution in [0.25, 0.3) is 0 Å². The van der Waals surface area contributed by atoms with Crippen LogP contribution in [0.15, 0.2) is 29.2 Å². The summed E-state index contributed by atoms with van der Waals surface area (Å²) in [5, 5.41) is 27.3. The van der Waals surface area contributed by atoms with E-state index in [1.807, 2.05) is 0 Å². The fourth-order valence-corrected chi connectivity index (χ4v) is 4.72. The summed E-state index contributed by atoms with van der Waals surface area (Å²) in [7, 11) is -5.48. The van der Waals surface area contributed by atoms with Gasteiger partial charge >= 0.3 is 13.1 Å². The van der Waals surface area contributed by atoms with Crippen LogP contribution in [-0.4, -0.2) is 59.6 Å². The van der Waals surface area contributed by atoms with Gasteiger partial charge in [-0.3, -0.25) is 4.79 Å². The molecule has 1 aliphatic rings. The molecule has 25 heavy (non-hydrogen) atoms. The monoisotopic (exact) mass is 371 g/mol. The molecule has 0 aliphatic carbocycles. The van der Waals surface area contributed by atoms with Crippen molar-refractivity contribution in [2.75, 3.05) is 18.8 Å². The van der Waals surface area contributed by atoms with Gasteiger partial charge < -0.3 is 26.6 Å². The largest absolute Gasteiger partial charge is 0.480 e. The summed E-state index contributed by atoms with van der Waals surface area (Å²) in [6, 6.07) is 5.95. The first-order valence-electron chi connectivity index (χ1n) is 7.82. The van der Waals surface area contributed by atoms with Gasteiger partial charge in [-0.05, 0) is 24.9 Å². The Morgan fingerprint density at radius 2 is 2.00 bits per heavy atom. The van der Waals surface area contributed by atoms with E-state index >= 15 is 0 Å². The summed E-state index contributed by atoms with van der Waals surface area (Å²) in [6.45, 7) is -0.438. The van der Waals surface area contributed by atoms with Gasteiger partial charge in [-0.1, -0.05) is 18.6 Å². The molecule has 2 rings (SSSR count). The van der Waals surface area contributed by atoms with Gasteiger partial charge in [0.2, 0.25) is 10.0 Å². The van der Waals surface area contributed by atoms with E-state index in [1.54, 1.807) is 6.07 Å². The molecule has 1 aromatic carbocycles. The molecule has 0 aromatic heterocycles. The first kappa shape index (κ1) is 19.7. The van der Waals surface area contributed by atoms with Gasteiger partial charge in [0.15, 0.2) is 0 Å². The lowest BCUT2D eigenvalue weighted by atomic mass is 9.78. The Morgan fingerprint density at radius 3 is 2.56 bits per heavy atom. The Hall–Kier alpha value is -1.66. The van der Waals surface area contributed by atoms with Gasteiger partial charge in [0, 0.05) is 19.0 Å². The number of carboxylic acid groups (broad SMARTS) is 1. The van der Waals surface area contributed by atoms with Crippen molar-refractivity contribution in [2.45, 2.75) is 29.6 Å². The number of carbonyl (C=O) groups is 1. The molecule has 138 valence electrons. The van der Waals surface area contributed by atoms with Crippen LogP contribution in [0.2, 0.25) is 6.32 Å². The summed E-state index contributed by atoms with van der Waals surface area (Å²) >= 11 is 0. The number of rotatable bonds is 7. The number of benzene rings is 1. The van der Waals surface area contributed by atoms with Crippen molar-refractivity contribution in [1.82, 2.24) is 4.31 Å². The van der Waals surface area contributed by atoms with Gasteiger partial charge in [0.1, 0.15) is 10.4 Å². The second-order valence-corrected chi connectivity index (χ2v) is 8.20. The quantitative estimate of drug-likeness (QED) is 0.298. The summed E-state index contributed by atoms with van der Waals surface area (Å²) < 4.78 is 26.7. The number of hydrogen-bond acceptors (Lipinski definition) is 7. The minimum Gasteiger partial charge on any atom is -0.480 e. The van der Waals surface area contributed by atoms with Crippen molar-refractivity contribution in [2.24, 2.45) is 11.7 Å². The molecule has 2 atom stereocenters. The van der Waals surface area contributed by atoms with E-state index in [-0.39, 0.29) is 36.4 Å². The summed E-state index contributed by atoms with van der Waals surface area (Å²) in [6.07, 6.45) is 0.636. The molecule has 0 unspecified atom stereocenters. The topological polar surface area (TPSA) is 167 Å². The maximum atomic E-state index is 12.8. The normalized spacial score (nSPS) is 24.4. The first-order valence-corrected chi connectivity index (χ1v) is 9.26. The van der Waals surface area contributed by atoms with Crippen LogP contribution in [0.4, 0.5) is 5.69 Å². The molecule has 1 aliphatic heterocycles. The molecule has 0 saturated carbocycles. The Kier molecular flexibility index (Phi) is 5.74. The SMILES string of the molecule is Nc1ccccc1S(=O)(=O)N1C[C@H](CCCB(O)O)[C@](N)(C(=O)O)C1. The number of sulfonamides is 1. The predicted octanol–water partition coefficient (Wildman–Crippen LogP) is -1.08. The van der Waals surface area contributed by atoms with E-state index in [2.05, 4.69) is 0 Å². The van der Waals surface area contributed by atoms with Crippen molar-refractivity contribution in [1.29, 1.82) is 0 Å². The van der Waals surface area contributed by atoms with Gasteiger partial charge in [-0.15, -0.1) is 0 Å². The Labute approximate surface area is 146 Å². The molecule has 7 N–H and O–H groups in total. The van der Waals surface area contributed by atoms with Crippen LogP contribution in [-0.2, 0) is 14.8 Å². The highest BCUT2D eigenvalue weighted by atomic mass is 32.2. The van der Waals surface area contributed by atoms with Crippen LogP contribution in [0.5, 0.6) is 0 Å². The highest BCUT2D eigenvalue weighted by Gasteiger charge is 2.52. The van der Waals surface area contributed by atoms with E-state index < -0.39 is 34.6 Å². The molecule has 0 amide bonds. The lowest BCUT2D eigenvalue weighted by Crippen LogP contribution is -2.55. The number of hydrogen-bond donors (Lipinski definition) is 5. The van der Waals surface area contributed by atoms with Gasteiger partial charge in [0.05, 0.1) is 5.69 Å². The Balaban J connectivity index is 2.26. The maximum absolute atomic E-state index is 12.8. The van der Waals surface area contributed by atoms with Gasteiger partial charge in [0.25, 0.3) is 0 Å². The van der Waals surface area contributed by atoms with Crippen molar-refractivity contribution >= 4 is 28.8 Å². The molecule has 1 fully saturated rings. The number of anilines is 1. The van der Waals surface area contributed by atoms with E-state index in [9.17, 15) is 18.3 Å². The fraction of sp³-hybridized carbons (Fsp3) is 0.500. The third-order valence-corrected chi connectivity index (χ3v) is 6.43. The number of carboxylic acids is 1. The van der Waals surface area contributed by atoms with Crippen molar-refractivity contribution in [3.05, 3.63) is 24.3 Å². The minimum absolute atomic E-state index is 0.0601. The Morgan fingerprint density at radius 1 is 1.36 bits per heavy atom. The van der Waals surface area contributed by atoms with E-state index in [0.717, 1.165) is 4.31 Å². The maximum Gasteiger partial charge on any atom is 0.451 e. The van der Waals surface area contributed by atoms with Gasteiger partial charge in [-0.2, -0.15) is 4.31 Å². The second kappa shape index (κ2) is 7.30. The smallest absolute Gasteiger partial charge is 0.451 e. The van der Waals surface area contributed by atoms with Crippen molar-refractivity contribution in [3.63, 3.8) is 0 Å². The van der Waals surface area contributed by atoms with E-state index in [0.29, 0.717) is 6.42 Å². The number of nitrogens with two attached hydrogens (primary N) is 2. The van der Waals surface area contributed by atoms with Crippen LogP contribution in [0.1, 0.15) is 12.8 Å². The number of nitrogens with zero attached hydrogens (tertiary/aromatic N) is 1. The van der Waals surface area contributed by atoms with Crippen molar-refractivity contribution in [3.8, 4) is 0 Å². The molecular weight excluding hydrogens is 349 g/mol. The summed E-state index contributed by atoms with van der Waals surface area (Å²) in [4.78, 5) is 11.5. The molecular formula is C14H22BN3O6S. The van der Waals surface area contributed by atoms with Crippen LogP contribution >= 0.6 is 0 Å². The van der Waals surface area contributed by atoms with Crippen molar-refractivity contribution < 1.29 is 28.4 Å². The lowest BCUT2D eigenvalue weighted by Gasteiger charge is -2.25. The molecule has 0 spiro atoms. The van der Waals surface area contributed by atoms with Crippen LogP contribution in [0, 0.1) is 5.92 Å². The summed E-state index contributed by atoms with van der Waals surface area (Å²) in [5.41, 5.74) is 10.1. The molecule has 11 heteroatoms. The lowest BCUT2D eigenvalue weighted by molar-refractivity contribution is -0.144. The first-order chi connectivity index (χ1) is 11.6. The number of aliphatic carboxylic acids is 1. The van der Waals surface area contributed by atoms with Gasteiger partial charge in [-0.25, -0.2) is 8.42 Å². The molecule has 9 nitrogen and oxygen atoms in total. The highest BCUT2D eigenvalue weighted by Crippen LogP contribution is 2.35. The molecule has 0 radical (unpaired) electrons.